The van der Waals surface area contributed by atoms with Crippen molar-refractivity contribution in [1.29, 1.82) is 0 Å². The summed E-state index contributed by atoms with van der Waals surface area (Å²) < 4.78 is 5.46. The molecule has 13 nitrogen and oxygen atoms in total. The number of benzene rings is 2. The summed E-state index contributed by atoms with van der Waals surface area (Å²) in [6.45, 7) is 5.26. The summed E-state index contributed by atoms with van der Waals surface area (Å²) >= 11 is 0. The van der Waals surface area contributed by atoms with Gasteiger partial charge in [0.2, 0.25) is 17.6 Å². The van der Waals surface area contributed by atoms with Gasteiger partial charge in [-0.1, -0.05) is 85.3 Å². The van der Waals surface area contributed by atoms with Gasteiger partial charge in [-0.25, -0.2) is 9.59 Å². The van der Waals surface area contributed by atoms with Gasteiger partial charge in [0, 0.05) is 24.4 Å². The van der Waals surface area contributed by atoms with Crippen LogP contribution in [0, 0.1) is 5.92 Å². The molecule has 3 amide bonds. The minimum atomic E-state index is -1.44. The molecule has 3 aromatic rings. The number of hydrogen-bond acceptors (Lipinski definition) is 8. The number of carbonyl (C=O) groups is 4. The zero-order valence-electron chi connectivity index (χ0n) is 28.5. The standard InChI is InChI=1S/C37H43N7O6/c1-36(2,3)50-35(49)38-29-18-10-5-4-9-16-26-22-37(26,34(47)48)39-32(45)30-21-27(23-43(30)33(29)46)44-41-31(40-42-44)28-17-12-11-15-25(28)20-19-24-13-7-6-8-14-24/h6-9,11-17,19-20,26-27,29-30H,4-5,10,18,21-23H2,1-3H3,(H,38,49)(H,39,45)(H,47,48)/t26-,27-,29+,30+,37-/m1/s1. The number of ether oxygens (including phenoxy) is 1. The Morgan fingerprint density at radius 2 is 1.82 bits per heavy atom. The van der Waals surface area contributed by atoms with Crippen molar-refractivity contribution in [3.8, 4) is 11.4 Å². The van der Waals surface area contributed by atoms with Gasteiger partial charge in [0.1, 0.15) is 23.2 Å². The number of rotatable bonds is 6. The first-order chi connectivity index (χ1) is 23.9. The lowest BCUT2D eigenvalue weighted by molar-refractivity contribution is -0.145. The molecular weight excluding hydrogens is 638 g/mol. The maximum Gasteiger partial charge on any atom is 0.408 e. The number of carboxylic acids is 1. The first-order valence-electron chi connectivity index (χ1n) is 17.1. The molecule has 1 aromatic heterocycles. The number of carbonyl (C=O) groups excluding carboxylic acids is 3. The predicted octanol–water partition coefficient (Wildman–Crippen LogP) is 4.64. The number of aliphatic carboxylic acids is 1. The van der Waals surface area contributed by atoms with E-state index in [1.807, 2.05) is 78.9 Å². The maximum absolute atomic E-state index is 14.3. The molecule has 0 unspecified atom stereocenters. The van der Waals surface area contributed by atoms with Gasteiger partial charge in [0.05, 0.1) is 6.04 Å². The Kier molecular flexibility index (Phi) is 9.85. The predicted molar refractivity (Wildman–Crippen MR) is 185 cm³/mol. The third-order valence-electron chi connectivity index (χ3n) is 9.29. The highest BCUT2D eigenvalue weighted by Crippen LogP contribution is 2.45. The highest BCUT2D eigenvalue weighted by atomic mass is 16.6. The number of tetrazole rings is 1. The first-order valence-corrected chi connectivity index (χ1v) is 17.1. The van der Waals surface area contributed by atoms with Crippen LogP contribution >= 0.6 is 0 Å². The Morgan fingerprint density at radius 1 is 1.06 bits per heavy atom. The molecular formula is C37H43N7O6. The lowest BCUT2D eigenvalue weighted by Crippen LogP contribution is -2.56. The van der Waals surface area contributed by atoms with Gasteiger partial charge in [-0.2, -0.15) is 4.80 Å². The van der Waals surface area contributed by atoms with E-state index in [0.717, 1.165) is 23.1 Å². The van der Waals surface area contributed by atoms with Gasteiger partial charge < -0.3 is 25.4 Å². The van der Waals surface area contributed by atoms with Gasteiger partial charge in [0.15, 0.2) is 0 Å². The SMILES string of the molecule is CC(C)(C)OC(=O)N[C@H]1CCCCC=C[C@@H]2C[C@@]2(C(=O)O)NC(=O)[C@@H]2C[C@@H](n3nnc(-c4ccccc4C=Cc4ccccc4)n3)CN2C1=O. The summed E-state index contributed by atoms with van der Waals surface area (Å²) in [7, 11) is 0. The largest absolute Gasteiger partial charge is 0.479 e. The van der Waals surface area contributed by atoms with Crippen LogP contribution in [0.1, 0.15) is 76.5 Å². The van der Waals surface area contributed by atoms with Crippen LogP contribution in [0.15, 0.2) is 66.7 Å². The van der Waals surface area contributed by atoms with E-state index in [2.05, 4.69) is 20.9 Å². The molecule has 3 N–H and O–H groups in total. The molecule has 3 heterocycles. The summed E-state index contributed by atoms with van der Waals surface area (Å²) in [6.07, 6.45) is 9.77. The molecule has 1 saturated carbocycles. The van der Waals surface area contributed by atoms with Crippen LogP contribution in [0.25, 0.3) is 23.5 Å². The molecule has 5 atom stereocenters. The van der Waals surface area contributed by atoms with Gasteiger partial charge >= 0.3 is 12.1 Å². The van der Waals surface area contributed by atoms with E-state index in [1.54, 1.807) is 20.8 Å². The molecule has 13 heteroatoms. The third kappa shape index (κ3) is 7.77. The molecule has 2 aliphatic heterocycles. The van der Waals surface area contributed by atoms with E-state index in [9.17, 15) is 24.3 Å². The number of nitrogens with one attached hydrogen (secondary N) is 2. The maximum atomic E-state index is 14.3. The number of carboxylic acid groups (broad SMARTS) is 1. The van der Waals surface area contributed by atoms with Crippen LogP contribution < -0.4 is 10.6 Å². The van der Waals surface area contributed by atoms with Gasteiger partial charge in [-0.05, 0) is 62.8 Å². The van der Waals surface area contributed by atoms with Crippen molar-refractivity contribution in [2.24, 2.45) is 5.92 Å². The second-order valence-electron chi connectivity index (χ2n) is 14.1. The van der Waals surface area contributed by atoms with Crippen molar-refractivity contribution in [1.82, 2.24) is 35.7 Å². The number of hydrogen-bond donors (Lipinski definition) is 3. The van der Waals surface area contributed by atoms with Crippen molar-refractivity contribution in [2.75, 3.05) is 6.54 Å². The fourth-order valence-corrected chi connectivity index (χ4v) is 6.60. The zero-order valence-corrected chi connectivity index (χ0v) is 28.5. The monoisotopic (exact) mass is 681 g/mol. The number of fused-ring (bicyclic) bond motifs is 2. The van der Waals surface area contributed by atoms with Crippen LogP contribution in [0.3, 0.4) is 0 Å². The third-order valence-corrected chi connectivity index (χ3v) is 9.29. The molecule has 6 rings (SSSR count). The average Bonchev–Trinajstić information content (AvgIpc) is 3.38. The molecule has 262 valence electrons. The van der Waals surface area contributed by atoms with E-state index >= 15 is 0 Å². The summed E-state index contributed by atoms with van der Waals surface area (Å²) in [5, 5.41) is 29.0. The van der Waals surface area contributed by atoms with Crippen LogP contribution in [0.2, 0.25) is 0 Å². The summed E-state index contributed by atoms with van der Waals surface area (Å²) in [5.74, 6) is -2.12. The Bertz CT molecular complexity index is 1800. The van der Waals surface area contributed by atoms with Crippen LogP contribution in [0.5, 0.6) is 0 Å². The summed E-state index contributed by atoms with van der Waals surface area (Å²) in [6, 6.07) is 15.0. The van der Waals surface area contributed by atoms with E-state index < -0.39 is 53.1 Å². The fraction of sp³-hybridized carbons (Fsp3) is 0.432. The number of aromatic nitrogens is 4. The van der Waals surface area contributed by atoms with Gasteiger partial charge in [-0.3, -0.25) is 9.59 Å². The van der Waals surface area contributed by atoms with Gasteiger partial charge in [0.25, 0.3) is 0 Å². The molecule has 2 aromatic carbocycles. The smallest absolute Gasteiger partial charge is 0.408 e. The van der Waals surface area contributed by atoms with Crippen molar-refractivity contribution < 1.29 is 29.0 Å². The van der Waals surface area contributed by atoms with Crippen LogP contribution in [-0.4, -0.2) is 83.9 Å². The van der Waals surface area contributed by atoms with E-state index in [-0.39, 0.29) is 25.3 Å². The second-order valence-corrected chi connectivity index (χ2v) is 14.1. The van der Waals surface area contributed by atoms with E-state index in [1.165, 1.54) is 9.70 Å². The molecule has 1 aliphatic carbocycles. The molecule has 3 aliphatic rings. The average molecular weight is 682 g/mol. The topological polar surface area (TPSA) is 169 Å². The highest BCUT2D eigenvalue weighted by Gasteiger charge is 2.61. The van der Waals surface area contributed by atoms with Crippen molar-refractivity contribution in [3.05, 3.63) is 77.9 Å². The molecule has 2 fully saturated rings. The quantitative estimate of drug-likeness (QED) is 0.248. The molecule has 0 bridgehead atoms. The van der Waals surface area contributed by atoms with Crippen molar-refractivity contribution >= 4 is 36.0 Å². The summed E-state index contributed by atoms with van der Waals surface area (Å²) in [4.78, 5) is 56.3. The second kappa shape index (κ2) is 14.3. The minimum absolute atomic E-state index is 0.0537. The zero-order chi connectivity index (χ0) is 35.5. The normalized spacial score (nSPS) is 25.7. The minimum Gasteiger partial charge on any atom is -0.479 e. The molecule has 0 radical (unpaired) electrons. The Morgan fingerprint density at radius 3 is 2.58 bits per heavy atom. The van der Waals surface area contributed by atoms with E-state index in [0.29, 0.717) is 25.1 Å². The number of amides is 3. The van der Waals surface area contributed by atoms with E-state index in [4.69, 9.17) is 9.84 Å². The Labute approximate surface area is 290 Å². The lowest BCUT2D eigenvalue weighted by Gasteiger charge is -2.30. The number of allylic oxidation sites excluding steroid dienone is 1. The summed E-state index contributed by atoms with van der Waals surface area (Å²) in [5.41, 5.74) is 0.470. The highest BCUT2D eigenvalue weighted by molar-refractivity contribution is 5.96. The van der Waals surface area contributed by atoms with Crippen LogP contribution in [-0.2, 0) is 19.1 Å². The molecule has 0 spiro atoms. The number of nitrogens with zero attached hydrogens (tertiary/aromatic N) is 5. The Hall–Kier alpha value is -5.33. The van der Waals surface area contributed by atoms with Gasteiger partial charge in [-0.15, -0.1) is 10.2 Å². The number of alkyl carbamates (subject to hydrolysis) is 1. The molecule has 50 heavy (non-hydrogen) atoms. The van der Waals surface area contributed by atoms with Crippen molar-refractivity contribution in [3.63, 3.8) is 0 Å². The Balaban J connectivity index is 1.28. The first kappa shape index (κ1) is 34.5. The van der Waals surface area contributed by atoms with Crippen molar-refractivity contribution in [2.45, 2.75) is 88.6 Å². The lowest BCUT2D eigenvalue weighted by atomic mass is 10.0. The van der Waals surface area contributed by atoms with Crippen LogP contribution in [0.4, 0.5) is 4.79 Å². The fourth-order valence-electron chi connectivity index (χ4n) is 6.60. The molecule has 1 saturated heterocycles.